The van der Waals surface area contributed by atoms with Gasteiger partial charge in [0, 0.05) is 13.3 Å². The average molecular weight is 153 g/mol. The third-order valence-corrected chi connectivity index (χ3v) is 0.990. The van der Waals surface area contributed by atoms with E-state index in [4.69, 9.17) is 5.26 Å². The lowest BCUT2D eigenvalue weighted by Crippen LogP contribution is -1.89. The van der Waals surface area contributed by atoms with Crippen molar-refractivity contribution in [2.24, 2.45) is 0 Å². The van der Waals surface area contributed by atoms with Crippen LogP contribution in [0, 0.1) is 11.3 Å². The van der Waals surface area contributed by atoms with Crippen molar-refractivity contribution in [1.29, 1.82) is 5.26 Å². The van der Waals surface area contributed by atoms with Crippen LogP contribution in [0.3, 0.4) is 0 Å². The molecule has 0 amide bonds. The molecular formula is C8H11NO2. The van der Waals surface area contributed by atoms with Gasteiger partial charge in [0.25, 0.3) is 0 Å². The van der Waals surface area contributed by atoms with Gasteiger partial charge in [-0.15, -0.1) is 0 Å². The fourth-order valence-corrected chi connectivity index (χ4v) is 0.511. The van der Waals surface area contributed by atoms with Crippen LogP contribution >= 0.6 is 0 Å². The first-order chi connectivity index (χ1) is 5.27. The fourth-order valence-electron chi connectivity index (χ4n) is 0.511. The Morgan fingerprint density at radius 2 is 2.45 bits per heavy atom. The Kier molecular flexibility index (Phi) is 6.01. The van der Waals surface area contributed by atoms with E-state index in [1.54, 1.807) is 6.08 Å². The number of ether oxygens (including phenoxy) is 1. The summed E-state index contributed by atoms with van der Waals surface area (Å²) in [6.45, 7) is 1.35. The van der Waals surface area contributed by atoms with E-state index >= 15 is 0 Å². The van der Waals surface area contributed by atoms with Gasteiger partial charge in [-0.1, -0.05) is 0 Å². The Morgan fingerprint density at radius 1 is 1.73 bits per heavy atom. The summed E-state index contributed by atoms with van der Waals surface area (Å²) in [6, 6.07) is 2.03. The van der Waals surface area contributed by atoms with Gasteiger partial charge in [-0.25, -0.2) is 0 Å². The van der Waals surface area contributed by atoms with E-state index in [0.29, 0.717) is 6.42 Å². The van der Waals surface area contributed by atoms with Crippen molar-refractivity contribution in [2.75, 3.05) is 0 Å². The van der Waals surface area contributed by atoms with E-state index in [1.165, 1.54) is 13.2 Å². The molecule has 0 aromatic heterocycles. The quantitative estimate of drug-likeness (QED) is 0.351. The summed E-state index contributed by atoms with van der Waals surface area (Å²) in [5.41, 5.74) is 0. The van der Waals surface area contributed by atoms with E-state index in [0.717, 1.165) is 12.8 Å². The molecule has 0 aromatic rings. The molecule has 0 radical (unpaired) electrons. The molecule has 11 heavy (non-hydrogen) atoms. The van der Waals surface area contributed by atoms with Gasteiger partial charge in [0.15, 0.2) is 0 Å². The summed E-state index contributed by atoms with van der Waals surface area (Å²) in [6.07, 6.45) is 5.23. The summed E-state index contributed by atoms with van der Waals surface area (Å²) in [7, 11) is 0. The number of carbonyl (C=O) groups is 1. The van der Waals surface area contributed by atoms with Crippen LogP contribution in [0.1, 0.15) is 26.2 Å². The second-order valence-electron chi connectivity index (χ2n) is 2.03. The number of esters is 1. The minimum absolute atomic E-state index is 0.318. The van der Waals surface area contributed by atoms with Crippen LogP contribution in [-0.4, -0.2) is 5.97 Å². The minimum atomic E-state index is -0.318. The lowest BCUT2D eigenvalue weighted by atomic mass is 10.2. The topological polar surface area (TPSA) is 50.1 Å². The van der Waals surface area contributed by atoms with Crippen molar-refractivity contribution in [3.05, 3.63) is 12.3 Å². The van der Waals surface area contributed by atoms with Crippen LogP contribution in [-0.2, 0) is 9.53 Å². The van der Waals surface area contributed by atoms with Crippen LogP contribution in [0.2, 0.25) is 0 Å². The highest BCUT2D eigenvalue weighted by Gasteiger charge is 1.84. The molecular weight excluding hydrogens is 142 g/mol. The number of unbranched alkanes of at least 4 members (excludes halogenated alkanes) is 2. The van der Waals surface area contributed by atoms with Gasteiger partial charge in [-0.3, -0.25) is 4.79 Å². The number of allylic oxidation sites excluding steroid dienone is 1. The summed E-state index contributed by atoms with van der Waals surface area (Å²) >= 11 is 0. The van der Waals surface area contributed by atoms with Gasteiger partial charge in [-0.05, 0) is 18.9 Å². The van der Waals surface area contributed by atoms with Gasteiger partial charge in [-0.2, -0.15) is 5.26 Å². The van der Waals surface area contributed by atoms with Crippen molar-refractivity contribution in [3.63, 3.8) is 0 Å². The average Bonchev–Trinajstić information content (AvgIpc) is 1.96. The highest BCUT2D eigenvalue weighted by Crippen LogP contribution is 1.94. The monoisotopic (exact) mass is 153 g/mol. The molecule has 60 valence electrons. The van der Waals surface area contributed by atoms with Crippen LogP contribution in [0.5, 0.6) is 0 Å². The molecule has 0 bridgehead atoms. The van der Waals surface area contributed by atoms with Crippen LogP contribution in [0.4, 0.5) is 0 Å². The maximum absolute atomic E-state index is 10.2. The van der Waals surface area contributed by atoms with E-state index < -0.39 is 0 Å². The molecule has 0 spiro atoms. The second-order valence-corrected chi connectivity index (χ2v) is 2.03. The zero-order valence-electron chi connectivity index (χ0n) is 6.54. The number of hydrogen-bond acceptors (Lipinski definition) is 3. The maximum Gasteiger partial charge on any atom is 0.307 e. The number of rotatable bonds is 4. The largest absolute Gasteiger partial charge is 0.435 e. The molecule has 0 rings (SSSR count). The van der Waals surface area contributed by atoms with Gasteiger partial charge in [0.2, 0.25) is 0 Å². The molecule has 0 aliphatic rings. The van der Waals surface area contributed by atoms with Crippen LogP contribution in [0.25, 0.3) is 0 Å². The minimum Gasteiger partial charge on any atom is -0.435 e. The molecule has 3 nitrogen and oxygen atoms in total. The zero-order chi connectivity index (χ0) is 8.53. The molecule has 0 fully saturated rings. The third-order valence-electron chi connectivity index (χ3n) is 0.990. The van der Waals surface area contributed by atoms with Gasteiger partial charge < -0.3 is 4.74 Å². The predicted octanol–water partition coefficient (Wildman–Crippen LogP) is 1.76. The standard InChI is InChI=1S/C8H11NO2/c1-8(10)11-7-5-3-2-4-6-9/h5,7H,2-4H2,1H3/b7-5+. The molecule has 0 aliphatic heterocycles. The van der Waals surface area contributed by atoms with Gasteiger partial charge >= 0.3 is 5.97 Å². The molecule has 0 aliphatic carbocycles. The van der Waals surface area contributed by atoms with Crippen molar-refractivity contribution < 1.29 is 9.53 Å². The number of nitriles is 1. The maximum atomic E-state index is 10.2. The van der Waals surface area contributed by atoms with Crippen molar-refractivity contribution in [2.45, 2.75) is 26.2 Å². The van der Waals surface area contributed by atoms with Crippen molar-refractivity contribution >= 4 is 5.97 Å². The first-order valence-corrected chi connectivity index (χ1v) is 3.46. The normalized spacial score (nSPS) is 9.45. The lowest BCUT2D eigenvalue weighted by Gasteiger charge is -1.89. The van der Waals surface area contributed by atoms with E-state index in [9.17, 15) is 4.79 Å². The molecule has 3 heteroatoms. The Morgan fingerprint density at radius 3 is 3.00 bits per heavy atom. The molecule has 0 atom stereocenters. The number of carbonyl (C=O) groups excluding carboxylic acids is 1. The van der Waals surface area contributed by atoms with Crippen LogP contribution < -0.4 is 0 Å². The third kappa shape index (κ3) is 8.70. The molecule has 0 N–H and O–H groups in total. The zero-order valence-corrected chi connectivity index (χ0v) is 6.54. The van der Waals surface area contributed by atoms with Crippen molar-refractivity contribution in [1.82, 2.24) is 0 Å². The predicted molar refractivity (Wildman–Crippen MR) is 40.4 cm³/mol. The molecule has 0 heterocycles. The second kappa shape index (κ2) is 6.81. The fraction of sp³-hybridized carbons (Fsp3) is 0.500. The molecule has 0 aromatic carbocycles. The van der Waals surface area contributed by atoms with E-state index in [1.807, 2.05) is 6.07 Å². The number of nitrogens with zero attached hydrogens (tertiary/aromatic N) is 1. The summed E-state index contributed by atoms with van der Waals surface area (Å²) < 4.78 is 4.52. The van der Waals surface area contributed by atoms with Crippen LogP contribution in [0.15, 0.2) is 12.3 Å². The van der Waals surface area contributed by atoms with Gasteiger partial charge in [0.05, 0.1) is 12.3 Å². The Bertz CT molecular complexity index is 179. The summed E-state index contributed by atoms with van der Waals surface area (Å²) in [5.74, 6) is -0.318. The first kappa shape index (κ1) is 9.70. The highest BCUT2D eigenvalue weighted by atomic mass is 16.5. The summed E-state index contributed by atoms with van der Waals surface area (Å²) in [5, 5.41) is 8.15. The molecule has 0 unspecified atom stereocenters. The van der Waals surface area contributed by atoms with Crippen molar-refractivity contribution in [3.8, 4) is 6.07 Å². The first-order valence-electron chi connectivity index (χ1n) is 3.46. The molecule has 0 saturated heterocycles. The Labute approximate surface area is 66.3 Å². The summed E-state index contributed by atoms with van der Waals surface area (Å²) in [4.78, 5) is 10.2. The van der Waals surface area contributed by atoms with E-state index in [-0.39, 0.29) is 5.97 Å². The Balaban J connectivity index is 3.18. The molecule has 0 saturated carbocycles. The SMILES string of the molecule is CC(=O)O/C=C/CCCC#N. The Hall–Kier alpha value is -1.30. The smallest absolute Gasteiger partial charge is 0.307 e. The highest BCUT2D eigenvalue weighted by molar-refractivity contribution is 5.66. The number of hydrogen-bond donors (Lipinski definition) is 0. The van der Waals surface area contributed by atoms with Gasteiger partial charge in [0.1, 0.15) is 0 Å². The van der Waals surface area contributed by atoms with E-state index in [2.05, 4.69) is 4.74 Å². The lowest BCUT2D eigenvalue weighted by molar-refractivity contribution is -0.135.